The Bertz CT molecular complexity index is 645. The van der Waals surface area contributed by atoms with Gasteiger partial charge in [0, 0.05) is 24.5 Å². The first-order valence-corrected chi connectivity index (χ1v) is 7.06. The van der Waals surface area contributed by atoms with Crippen LogP contribution in [0.15, 0.2) is 21.6 Å². The molecular formula is C14H21N5O2. The highest BCUT2D eigenvalue weighted by atomic mass is 16.5. The molecule has 7 nitrogen and oxygen atoms in total. The molecule has 21 heavy (non-hydrogen) atoms. The molecule has 7 heteroatoms. The number of nitrogens with one attached hydrogen (secondary N) is 1. The van der Waals surface area contributed by atoms with Crippen LogP contribution in [0.1, 0.15) is 31.4 Å². The number of pyridine rings is 1. The Morgan fingerprint density at radius 1 is 1.43 bits per heavy atom. The first-order chi connectivity index (χ1) is 10.0. The van der Waals surface area contributed by atoms with Crippen LogP contribution in [0.3, 0.4) is 0 Å². The van der Waals surface area contributed by atoms with E-state index in [1.807, 2.05) is 6.92 Å². The van der Waals surface area contributed by atoms with Crippen molar-refractivity contribution in [3.8, 4) is 11.5 Å². The van der Waals surface area contributed by atoms with E-state index in [2.05, 4.69) is 33.9 Å². The van der Waals surface area contributed by atoms with Crippen LogP contribution in [0.4, 0.5) is 0 Å². The van der Waals surface area contributed by atoms with Crippen LogP contribution in [-0.2, 0) is 0 Å². The van der Waals surface area contributed by atoms with Gasteiger partial charge < -0.3 is 20.1 Å². The van der Waals surface area contributed by atoms with Gasteiger partial charge in [-0.25, -0.2) is 0 Å². The standard InChI is InChI=1S/C14H21N5O2/c1-4-19(5-2)8-11(15)13-17-14(21-18-13)10-7-16-9(3)6-12(10)20/h6-7,11H,4-5,8,15H2,1-3H3,(H,16,20). The fourth-order valence-corrected chi connectivity index (χ4v) is 2.08. The van der Waals surface area contributed by atoms with Crippen LogP contribution in [0.25, 0.3) is 11.5 Å². The Kier molecular flexibility index (Phi) is 4.87. The van der Waals surface area contributed by atoms with E-state index >= 15 is 0 Å². The highest BCUT2D eigenvalue weighted by Crippen LogP contribution is 2.15. The molecule has 0 aliphatic rings. The van der Waals surface area contributed by atoms with Crippen LogP contribution in [-0.4, -0.2) is 39.7 Å². The van der Waals surface area contributed by atoms with Gasteiger partial charge >= 0.3 is 0 Å². The van der Waals surface area contributed by atoms with Crippen molar-refractivity contribution in [2.24, 2.45) is 5.73 Å². The number of H-pyrrole nitrogens is 1. The largest absolute Gasteiger partial charge is 0.364 e. The van der Waals surface area contributed by atoms with Crippen molar-refractivity contribution < 1.29 is 4.52 Å². The Hall–Kier alpha value is -1.99. The number of rotatable bonds is 6. The predicted molar refractivity (Wildman–Crippen MR) is 79.8 cm³/mol. The number of hydrogen-bond donors (Lipinski definition) is 2. The lowest BCUT2D eigenvalue weighted by Gasteiger charge is -2.20. The molecule has 0 saturated carbocycles. The summed E-state index contributed by atoms with van der Waals surface area (Å²) < 4.78 is 5.16. The molecule has 0 aliphatic carbocycles. The molecule has 2 rings (SSSR count). The number of aromatic nitrogens is 3. The minimum Gasteiger partial charge on any atom is -0.364 e. The van der Waals surface area contributed by atoms with E-state index in [1.165, 1.54) is 6.07 Å². The molecule has 1 atom stereocenters. The lowest BCUT2D eigenvalue weighted by atomic mass is 10.2. The van der Waals surface area contributed by atoms with E-state index in [-0.39, 0.29) is 17.4 Å². The normalized spacial score (nSPS) is 12.8. The van der Waals surface area contributed by atoms with Crippen molar-refractivity contribution in [2.75, 3.05) is 19.6 Å². The first-order valence-electron chi connectivity index (χ1n) is 7.06. The molecule has 0 bridgehead atoms. The lowest BCUT2D eigenvalue weighted by molar-refractivity contribution is 0.278. The van der Waals surface area contributed by atoms with Crippen LogP contribution in [0.2, 0.25) is 0 Å². The van der Waals surface area contributed by atoms with Crippen molar-refractivity contribution >= 4 is 0 Å². The minimum atomic E-state index is -0.341. The maximum absolute atomic E-state index is 11.9. The highest BCUT2D eigenvalue weighted by Gasteiger charge is 2.18. The summed E-state index contributed by atoms with van der Waals surface area (Å²) >= 11 is 0. The molecule has 0 amide bonds. The Balaban J connectivity index is 2.19. The lowest BCUT2D eigenvalue weighted by Crippen LogP contribution is -2.32. The number of aromatic amines is 1. The summed E-state index contributed by atoms with van der Waals surface area (Å²) in [6.45, 7) is 8.42. The molecule has 0 aromatic carbocycles. The van der Waals surface area contributed by atoms with E-state index in [4.69, 9.17) is 10.3 Å². The SMILES string of the molecule is CCN(CC)CC(N)c1noc(-c2c[nH]c(C)cc2=O)n1. The maximum atomic E-state index is 11.9. The van der Waals surface area contributed by atoms with Gasteiger partial charge in [0.2, 0.25) is 0 Å². The van der Waals surface area contributed by atoms with E-state index < -0.39 is 0 Å². The third kappa shape index (κ3) is 3.56. The molecule has 0 spiro atoms. The number of likely N-dealkylation sites (N-methyl/N-ethyl adjacent to an activating group) is 1. The Morgan fingerprint density at radius 3 is 2.76 bits per heavy atom. The van der Waals surface area contributed by atoms with Crippen molar-refractivity contribution in [2.45, 2.75) is 26.8 Å². The van der Waals surface area contributed by atoms with Gasteiger partial charge in [-0.15, -0.1) is 0 Å². The molecule has 2 aromatic heterocycles. The van der Waals surface area contributed by atoms with Gasteiger partial charge in [-0.05, 0) is 20.0 Å². The number of hydrogen-bond acceptors (Lipinski definition) is 6. The summed E-state index contributed by atoms with van der Waals surface area (Å²) in [5.41, 5.74) is 7.07. The van der Waals surface area contributed by atoms with E-state index in [0.29, 0.717) is 17.9 Å². The Morgan fingerprint density at radius 2 is 2.14 bits per heavy atom. The van der Waals surface area contributed by atoms with Gasteiger partial charge in [-0.1, -0.05) is 19.0 Å². The zero-order valence-corrected chi connectivity index (χ0v) is 12.6. The summed E-state index contributed by atoms with van der Waals surface area (Å²) in [6, 6.07) is 1.15. The average molecular weight is 291 g/mol. The molecule has 0 saturated heterocycles. The van der Waals surface area contributed by atoms with Crippen molar-refractivity contribution in [3.05, 3.63) is 34.0 Å². The van der Waals surface area contributed by atoms with Gasteiger partial charge in [0.1, 0.15) is 5.56 Å². The van der Waals surface area contributed by atoms with Crippen molar-refractivity contribution in [3.63, 3.8) is 0 Å². The summed E-state index contributed by atoms with van der Waals surface area (Å²) in [7, 11) is 0. The smallest absolute Gasteiger partial charge is 0.263 e. The third-order valence-electron chi connectivity index (χ3n) is 3.41. The fourth-order valence-electron chi connectivity index (χ4n) is 2.08. The van der Waals surface area contributed by atoms with Crippen LogP contribution >= 0.6 is 0 Å². The summed E-state index contributed by atoms with van der Waals surface area (Å²) in [5, 5.41) is 3.89. The summed E-state index contributed by atoms with van der Waals surface area (Å²) in [6.07, 6.45) is 1.57. The van der Waals surface area contributed by atoms with Gasteiger partial charge in [0.25, 0.3) is 5.89 Å². The van der Waals surface area contributed by atoms with Gasteiger partial charge in [0.15, 0.2) is 11.3 Å². The molecule has 114 valence electrons. The quantitative estimate of drug-likeness (QED) is 0.825. The predicted octanol–water partition coefficient (Wildman–Crippen LogP) is 1.07. The zero-order chi connectivity index (χ0) is 15.4. The molecule has 2 heterocycles. The maximum Gasteiger partial charge on any atom is 0.263 e. The van der Waals surface area contributed by atoms with Crippen LogP contribution in [0, 0.1) is 6.92 Å². The zero-order valence-electron chi connectivity index (χ0n) is 12.6. The second-order valence-electron chi connectivity index (χ2n) is 4.94. The third-order valence-corrected chi connectivity index (χ3v) is 3.41. The van der Waals surface area contributed by atoms with Crippen molar-refractivity contribution in [1.29, 1.82) is 0 Å². The average Bonchev–Trinajstić information content (AvgIpc) is 2.94. The van der Waals surface area contributed by atoms with E-state index in [9.17, 15) is 4.79 Å². The summed E-state index contributed by atoms with van der Waals surface area (Å²) in [4.78, 5) is 21.3. The minimum absolute atomic E-state index is 0.154. The van der Waals surface area contributed by atoms with Gasteiger partial charge in [-0.2, -0.15) is 4.98 Å². The van der Waals surface area contributed by atoms with Gasteiger partial charge in [-0.3, -0.25) is 4.79 Å². The van der Waals surface area contributed by atoms with Gasteiger partial charge in [0.05, 0.1) is 6.04 Å². The molecular weight excluding hydrogens is 270 g/mol. The molecule has 1 unspecified atom stereocenters. The molecule has 0 aliphatic heterocycles. The monoisotopic (exact) mass is 291 g/mol. The molecule has 3 N–H and O–H groups in total. The number of nitrogens with zero attached hydrogens (tertiary/aromatic N) is 3. The fraction of sp³-hybridized carbons (Fsp3) is 0.500. The van der Waals surface area contributed by atoms with Crippen molar-refractivity contribution in [1.82, 2.24) is 20.0 Å². The summed E-state index contributed by atoms with van der Waals surface area (Å²) in [5.74, 6) is 0.609. The second kappa shape index (κ2) is 6.64. The topological polar surface area (TPSA) is 101 Å². The molecule has 0 radical (unpaired) electrons. The van der Waals surface area contributed by atoms with E-state index in [1.54, 1.807) is 6.20 Å². The number of aryl methyl sites for hydroxylation is 1. The second-order valence-corrected chi connectivity index (χ2v) is 4.94. The molecule has 0 fully saturated rings. The van der Waals surface area contributed by atoms with E-state index in [0.717, 1.165) is 18.8 Å². The molecule has 2 aromatic rings. The Labute approximate surface area is 123 Å². The number of nitrogens with two attached hydrogens (primary N) is 1. The van der Waals surface area contributed by atoms with Crippen LogP contribution in [0.5, 0.6) is 0 Å². The highest BCUT2D eigenvalue weighted by molar-refractivity contribution is 5.50. The van der Waals surface area contributed by atoms with Crippen LogP contribution < -0.4 is 11.2 Å². The first kappa shape index (κ1) is 15.4.